The first-order chi connectivity index (χ1) is 8.52. The molecule has 0 aliphatic carbocycles. The van der Waals surface area contributed by atoms with Crippen LogP contribution in [-0.4, -0.2) is 24.1 Å². The molecular weight excluding hydrogens is 248 g/mol. The van der Waals surface area contributed by atoms with E-state index < -0.39 is 5.97 Å². The van der Waals surface area contributed by atoms with Crippen molar-refractivity contribution in [3.8, 4) is 0 Å². The molecule has 0 aliphatic heterocycles. The molecule has 98 valence electrons. The van der Waals surface area contributed by atoms with Gasteiger partial charge in [0.2, 0.25) is 0 Å². The molecule has 4 heteroatoms. The fourth-order valence-electron chi connectivity index (χ4n) is 1.45. The number of carbonyl (C=O) groups excluding carboxylic acids is 2. The second-order valence-corrected chi connectivity index (χ2v) is 5.10. The van der Waals surface area contributed by atoms with Crippen LogP contribution in [0.1, 0.15) is 24.5 Å². The number of thioether (sulfide) groups is 1. The number of carbonyl (C=O) groups is 2. The highest BCUT2D eigenvalue weighted by Gasteiger charge is 2.11. The van der Waals surface area contributed by atoms with Gasteiger partial charge in [0.1, 0.15) is 6.42 Å². The largest absolute Gasteiger partial charge is 0.466 e. The van der Waals surface area contributed by atoms with Crippen molar-refractivity contribution in [2.45, 2.75) is 32.1 Å². The maximum atomic E-state index is 11.6. The molecule has 0 fully saturated rings. The molecule has 0 saturated heterocycles. The number of hydrogen-bond acceptors (Lipinski definition) is 4. The van der Waals surface area contributed by atoms with Gasteiger partial charge in [0.25, 0.3) is 0 Å². The maximum Gasteiger partial charge on any atom is 0.313 e. The average molecular weight is 266 g/mol. The Bertz CT molecular complexity index is 441. The number of rotatable bonds is 6. The first kappa shape index (κ1) is 14.8. The van der Waals surface area contributed by atoms with E-state index >= 15 is 0 Å². The van der Waals surface area contributed by atoms with Crippen molar-refractivity contribution in [1.29, 1.82) is 0 Å². The summed E-state index contributed by atoms with van der Waals surface area (Å²) < 4.78 is 4.74. The van der Waals surface area contributed by atoms with Gasteiger partial charge in [-0.3, -0.25) is 9.59 Å². The summed E-state index contributed by atoms with van der Waals surface area (Å²) in [6.45, 7) is 6.07. The van der Waals surface area contributed by atoms with Gasteiger partial charge in [-0.05, 0) is 32.4 Å². The molecule has 0 aromatic heterocycles. The molecule has 0 N–H and O–H groups in total. The average Bonchev–Trinajstić information content (AvgIpc) is 2.30. The van der Waals surface area contributed by atoms with E-state index in [1.807, 2.05) is 26.0 Å². The van der Waals surface area contributed by atoms with Crippen LogP contribution in [0.25, 0.3) is 0 Å². The van der Waals surface area contributed by atoms with E-state index in [2.05, 4.69) is 6.07 Å². The van der Waals surface area contributed by atoms with Crippen LogP contribution in [-0.2, 0) is 14.3 Å². The van der Waals surface area contributed by atoms with Gasteiger partial charge in [0.15, 0.2) is 5.78 Å². The fourth-order valence-corrected chi connectivity index (χ4v) is 2.43. The highest BCUT2D eigenvalue weighted by atomic mass is 32.2. The van der Waals surface area contributed by atoms with E-state index in [0.29, 0.717) is 12.4 Å². The van der Waals surface area contributed by atoms with E-state index in [0.717, 1.165) is 10.5 Å². The number of ether oxygens (including phenoxy) is 1. The Hall–Kier alpha value is -1.29. The molecule has 1 aromatic carbocycles. The fraction of sp³-hybridized carbons (Fsp3) is 0.429. The molecule has 18 heavy (non-hydrogen) atoms. The number of aryl methyl sites for hydroxylation is 2. The van der Waals surface area contributed by atoms with Crippen molar-refractivity contribution in [2.75, 3.05) is 12.4 Å². The Balaban J connectivity index is 2.47. The van der Waals surface area contributed by atoms with Crippen LogP contribution < -0.4 is 0 Å². The van der Waals surface area contributed by atoms with Gasteiger partial charge in [0.05, 0.1) is 12.4 Å². The Morgan fingerprint density at radius 1 is 1.28 bits per heavy atom. The zero-order valence-corrected chi connectivity index (χ0v) is 11.8. The topological polar surface area (TPSA) is 43.4 Å². The van der Waals surface area contributed by atoms with E-state index in [-0.39, 0.29) is 12.2 Å². The van der Waals surface area contributed by atoms with Crippen molar-refractivity contribution in [3.05, 3.63) is 29.3 Å². The zero-order valence-electron chi connectivity index (χ0n) is 11.0. The number of hydrogen-bond donors (Lipinski definition) is 0. The van der Waals surface area contributed by atoms with E-state index in [1.54, 1.807) is 6.92 Å². The van der Waals surface area contributed by atoms with Crippen molar-refractivity contribution >= 4 is 23.5 Å². The third-order valence-corrected chi connectivity index (χ3v) is 3.60. The monoisotopic (exact) mass is 266 g/mol. The smallest absolute Gasteiger partial charge is 0.313 e. The van der Waals surface area contributed by atoms with Crippen LogP contribution in [0.4, 0.5) is 0 Å². The predicted octanol–water partition coefficient (Wildman–Crippen LogP) is 2.92. The maximum absolute atomic E-state index is 11.6. The number of Topliss-reactive ketones (excluding diaryl/α,β-unsaturated/α-hetero) is 1. The Kier molecular flexibility index (Phi) is 5.92. The van der Waals surface area contributed by atoms with Gasteiger partial charge in [-0.1, -0.05) is 17.7 Å². The lowest BCUT2D eigenvalue weighted by atomic mass is 10.2. The van der Waals surface area contributed by atoms with Crippen molar-refractivity contribution in [3.63, 3.8) is 0 Å². The number of esters is 1. The normalized spacial score (nSPS) is 10.2. The molecule has 3 nitrogen and oxygen atoms in total. The van der Waals surface area contributed by atoms with E-state index in [1.165, 1.54) is 17.3 Å². The molecule has 0 heterocycles. The predicted molar refractivity (Wildman–Crippen MR) is 72.9 cm³/mol. The highest BCUT2D eigenvalue weighted by molar-refractivity contribution is 8.00. The van der Waals surface area contributed by atoms with E-state index in [4.69, 9.17) is 4.74 Å². The highest BCUT2D eigenvalue weighted by Crippen LogP contribution is 2.23. The van der Waals surface area contributed by atoms with Crippen molar-refractivity contribution < 1.29 is 14.3 Å². The summed E-state index contributed by atoms with van der Waals surface area (Å²) in [5.41, 5.74) is 2.32. The molecule has 0 amide bonds. The third-order valence-electron chi connectivity index (χ3n) is 2.38. The van der Waals surface area contributed by atoms with Gasteiger partial charge in [-0.15, -0.1) is 11.8 Å². The van der Waals surface area contributed by atoms with Gasteiger partial charge in [-0.2, -0.15) is 0 Å². The third kappa shape index (κ3) is 4.92. The van der Waals surface area contributed by atoms with Gasteiger partial charge < -0.3 is 4.74 Å². The lowest BCUT2D eigenvalue weighted by molar-refractivity contribution is -0.145. The minimum atomic E-state index is -0.441. The summed E-state index contributed by atoms with van der Waals surface area (Å²) in [4.78, 5) is 23.8. The van der Waals surface area contributed by atoms with Crippen LogP contribution in [0.2, 0.25) is 0 Å². The molecular formula is C14H18O3S. The number of ketones is 1. The van der Waals surface area contributed by atoms with Crippen LogP contribution in [0, 0.1) is 13.8 Å². The molecule has 0 radical (unpaired) electrons. The van der Waals surface area contributed by atoms with Crippen LogP contribution >= 0.6 is 11.8 Å². The standard InChI is InChI=1S/C14H18O3S/c1-4-17-14(16)8-12(15)9-18-13-7-10(2)5-6-11(13)3/h5-7H,4,8-9H2,1-3H3. The summed E-state index contributed by atoms with van der Waals surface area (Å²) >= 11 is 1.47. The SMILES string of the molecule is CCOC(=O)CC(=O)CSc1cc(C)ccc1C. The Morgan fingerprint density at radius 3 is 2.67 bits per heavy atom. The molecule has 0 spiro atoms. The second kappa shape index (κ2) is 7.21. The quantitative estimate of drug-likeness (QED) is 0.451. The summed E-state index contributed by atoms with van der Waals surface area (Å²) in [6.07, 6.45) is -0.133. The second-order valence-electron chi connectivity index (χ2n) is 4.08. The summed E-state index contributed by atoms with van der Waals surface area (Å²) in [5.74, 6) is -0.230. The first-order valence-electron chi connectivity index (χ1n) is 5.90. The minimum absolute atomic E-state index is 0.0978. The molecule has 0 unspecified atom stereocenters. The summed E-state index contributed by atoms with van der Waals surface area (Å²) in [5, 5.41) is 0. The van der Waals surface area contributed by atoms with Crippen LogP contribution in [0.5, 0.6) is 0 Å². The lowest BCUT2D eigenvalue weighted by Crippen LogP contribution is -2.12. The Labute approximate surface area is 112 Å². The molecule has 1 aromatic rings. The van der Waals surface area contributed by atoms with Gasteiger partial charge in [-0.25, -0.2) is 0 Å². The molecule has 0 atom stereocenters. The molecule has 0 aliphatic rings. The van der Waals surface area contributed by atoms with Crippen molar-refractivity contribution in [2.24, 2.45) is 0 Å². The Morgan fingerprint density at radius 2 is 2.00 bits per heavy atom. The zero-order chi connectivity index (χ0) is 13.5. The molecule has 0 bridgehead atoms. The lowest BCUT2D eigenvalue weighted by Gasteiger charge is -2.06. The van der Waals surface area contributed by atoms with Crippen LogP contribution in [0.3, 0.4) is 0 Å². The number of benzene rings is 1. The molecule has 1 rings (SSSR count). The van der Waals surface area contributed by atoms with E-state index in [9.17, 15) is 9.59 Å². The summed E-state index contributed by atoms with van der Waals surface area (Å²) in [6, 6.07) is 6.13. The van der Waals surface area contributed by atoms with Crippen LogP contribution in [0.15, 0.2) is 23.1 Å². The first-order valence-corrected chi connectivity index (χ1v) is 6.89. The minimum Gasteiger partial charge on any atom is -0.466 e. The van der Waals surface area contributed by atoms with Gasteiger partial charge >= 0.3 is 5.97 Å². The van der Waals surface area contributed by atoms with Gasteiger partial charge in [0, 0.05) is 4.90 Å². The summed E-state index contributed by atoms with van der Waals surface area (Å²) in [7, 11) is 0. The molecule has 0 saturated carbocycles. The van der Waals surface area contributed by atoms with Crippen molar-refractivity contribution in [1.82, 2.24) is 0 Å².